The molecule has 0 unspecified atom stereocenters. The fourth-order valence-corrected chi connectivity index (χ4v) is 1.48. The van der Waals surface area contributed by atoms with Gasteiger partial charge in [0.15, 0.2) is 0 Å². The van der Waals surface area contributed by atoms with Gasteiger partial charge in [-0.15, -0.1) is 0 Å². The maximum atomic E-state index is 12.2. The van der Waals surface area contributed by atoms with E-state index in [0.717, 1.165) is 17.2 Å². The standard InChI is InChI=1S/C11H12ClN3O5/c1-11(2,10(17)18)14(3)9(16)6-4-8(12)13-5-7(6)15(19)20/h4-5H,1-3H3,(H,17,18). The highest BCUT2D eigenvalue weighted by Gasteiger charge is 2.37. The van der Waals surface area contributed by atoms with Crippen molar-refractivity contribution in [3.8, 4) is 0 Å². The Bertz CT molecular complexity index is 587. The van der Waals surface area contributed by atoms with Gasteiger partial charge >= 0.3 is 5.97 Å². The Kier molecular flexibility index (Phi) is 4.29. The number of carboxylic acid groups (broad SMARTS) is 1. The summed E-state index contributed by atoms with van der Waals surface area (Å²) in [4.78, 5) is 37.9. The van der Waals surface area contributed by atoms with Crippen LogP contribution in [0.25, 0.3) is 0 Å². The van der Waals surface area contributed by atoms with Crippen LogP contribution < -0.4 is 0 Å². The topological polar surface area (TPSA) is 114 Å². The van der Waals surface area contributed by atoms with Crippen molar-refractivity contribution in [1.29, 1.82) is 0 Å². The van der Waals surface area contributed by atoms with Crippen molar-refractivity contribution in [3.05, 3.63) is 33.1 Å². The largest absolute Gasteiger partial charge is 0.480 e. The molecule has 1 N–H and O–H groups in total. The van der Waals surface area contributed by atoms with Crippen LogP contribution in [-0.2, 0) is 4.79 Å². The van der Waals surface area contributed by atoms with Crippen molar-refractivity contribution < 1.29 is 19.6 Å². The first-order chi connectivity index (χ1) is 9.09. The number of amides is 1. The number of nitrogens with zero attached hydrogens (tertiary/aromatic N) is 3. The second-order valence-electron chi connectivity index (χ2n) is 4.51. The molecule has 1 rings (SSSR count). The van der Waals surface area contributed by atoms with Gasteiger partial charge in [-0.2, -0.15) is 0 Å². The maximum Gasteiger partial charge on any atom is 0.329 e. The molecule has 108 valence electrons. The minimum absolute atomic E-state index is 0.0968. The molecule has 0 spiro atoms. The van der Waals surface area contributed by atoms with Crippen LogP contribution >= 0.6 is 11.6 Å². The van der Waals surface area contributed by atoms with Crippen molar-refractivity contribution in [1.82, 2.24) is 9.88 Å². The predicted octanol–water partition coefficient (Wildman–Crippen LogP) is 1.58. The smallest absolute Gasteiger partial charge is 0.329 e. The number of hydrogen-bond acceptors (Lipinski definition) is 5. The molecular weight excluding hydrogens is 290 g/mol. The zero-order valence-electron chi connectivity index (χ0n) is 11.0. The number of hydrogen-bond donors (Lipinski definition) is 1. The summed E-state index contributed by atoms with van der Waals surface area (Å²) >= 11 is 5.63. The molecule has 0 aliphatic carbocycles. The zero-order chi connectivity index (χ0) is 15.7. The quantitative estimate of drug-likeness (QED) is 0.513. The van der Waals surface area contributed by atoms with E-state index in [1.807, 2.05) is 0 Å². The van der Waals surface area contributed by atoms with Crippen molar-refractivity contribution in [3.63, 3.8) is 0 Å². The van der Waals surface area contributed by atoms with Crippen molar-refractivity contribution in [2.75, 3.05) is 7.05 Å². The van der Waals surface area contributed by atoms with E-state index in [1.54, 1.807) is 0 Å². The van der Waals surface area contributed by atoms with E-state index in [2.05, 4.69) is 4.98 Å². The third-order valence-corrected chi connectivity index (χ3v) is 3.15. The summed E-state index contributed by atoms with van der Waals surface area (Å²) in [7, 11) is 1.24. The molecule has 0 saturated heterocycles. The average molecular weight is 302 g/mol. The third-order valence-electron chi connectivity index (χ3n) is 2.94. The van der Waals surface area contributed by atoms with Crippen molar-refractivity contribution in [2.24, 2.45) is 0 Å². The monoisotopic (exact) mass is 301 g/mol. The summed E-state index contributed by atoms with van der Waals surface area (Å²) in [6.07, 6.45) is 0.858. The van der Waals surface area contributed by atoms with Crippen LogP contribution in [0.1, 0.15) is 24.2 Å². The lowest BCUT2D eigenvalue weighted by molar-refractivity contribution is -0.385. The van der Waals surface area contributed by atoms with Gasteiger partial charge in [-0.3, -0.25) is 14.9 Å². The van der Waals surface area contributed by atoms with Crippen LogP contribution in [-0.4, -0.2) is 44.4 Å². The Hall–Kier alpha value is -2.22. The summed E-state index contributed by atoms with van der Waals surface area (Å²) < 4.78 is 0. The van der Waals surface area contributed by atoms with Crippen molar-refractivity contribution >= 4 is 29.2 Å². The molecule has 9 heteroatoms. The molecule has 0 atom stereocenters. The molecule has 1 heterocycles. The molecule has 20 heavy (non-hydrogen) atoms. The van der Waals surface area contributed by atoms with Crippen LogP contribution in [0.5, 0.6) is 0 Å². The fourth-order valence-electron chi connectivity index (χ4n) is 1.32. The van der Waals surface area contributed by atoms with E-state index in [9.17, 15) is 19.7 Å². The summed E-state index contributed by atoms with van der Waals surface area (Å²) in [6.45, 7) is 2.61. The van der Waals surface area contributed by atoms with Gasteiger partial charge in [0, 0.05) is 7.05 Å². The van der Waals surface area contributed by atoms with Crippen LogP contribution in [0.15, 0.2) is 12.3 Å². The summed E-state index contributed by atoms with van der Waals surface area (Å²) in [6, 6.07) is 1.04. The highest BCUT2D eigenvalue weighted by atomic mass is 35.5. The van der Waals surface area contributed by atoms with Gasteiger partial charge in [-0.05, 0) is 19.9 Å². The molecule has 1 aromatic heterocycles. The molecular formula is C11H12ClN3O5. The average Bonchev–Trinajstić information content (AvgIpc) is 2.36. The number of aromatic nitrogens is 1. The van der Waals surface area contributed by atoms with E-state index in [1.165, 1.54) is 20.9 Å². The van der Waals surface area contributed by atoms with Gasteiger partial charge in [-0.25, -0.2) is 9.78 Å². The van der Waals surface area contributed by atoms with Gasteiger partial charge < -0.3 is 10.0 Å². The van der Waals surface area contributed by atoms with E-state index in [0.29, 0.717) is 0 Å². The number of carbonyl (C=O) groups excluding carboxylic acids is 1. The Morgan fingerprint density at radius 1 is 1.50 bits per heavy atom. The lowest BCUT2D eigenvalue weighted by Gasteiger charge is -2.31. The van der Waals surface area contributed by atoms with Gasteiger partial charge in [0.2, 0.25) is 0 Å². The van der Waals surface area contributed by atoms with Crippen molar-refractivity contribution in [2.45, 2.75) is 19.4 Å². The first-order valence-electron chi connectivity index (χ1n) is 5.40. The fraction of sp³-hybridized carbons (Fsp3) is 0.364. The van der Waals surface area contributed by atoms with Gasteiger partial charge in [0.25, 0.3) is 11.6 Å². The van der Waals surface area contributed by atoms with Crippen LogP contribution in [0.3, 0.4) is 0 Å². The second kappa shape index (κ2) is 5.41. The SMILES string of the molecule is CN(C(=O)c1cc(Cl)ncc1[N+](=O)[O-])C(C)(C)C(=O)O. The molecule has 0 saturated carbocycles. The molecule has 0 fully saturated rings. The van der Waals surface area contributed by atoms with Crippen LogP contribution in [0.2, 0.25) is 5.15 Å². The molecule has 0 bridgehead atoms. The number of rotatable bonds is 4. The zero-order valence-corrected chi connectivity index (χ0v) is 11.7. The molecule has 0 radical (unpaired) electrons. The van der Waals surface area contributed by atoms with Gasteiger partial charge in [-0.1, -0.05) is 11.6 Å². The normalized spacial score (nSPS) is 11.0. The predicted molar refractivity (Wildman–Crippen MR) is 69.7 cm³/mol. The minimum Gasteiger partial charge on any atom is -0.480 e. The first kappa shape index (κ1) is 15.8. The summed E-state index contributed by atoms with van der Waals surface area (Å²) in [5, 5.41) is 19.9. The van der Waals surface area contributed by atoms with Gasteiger partial charge in [0.1, 0.15) is 22.5 Å². The number of carbonyl (C=O) groups is 2. The molecule has 8 nitrogen and oxygen atoms in total. The van der Waals surface area contributed by atoms with E-state index in [-0.39, 0.29) is 10.7 Å². The Labute approximate surface area is 119 Å². The lowest BCUT2D eigenvalue weighted by Crippen LogP contribution is -2.50. The number of carboxylic acids is 1. The number of aliphatic carboxylic acids is 1. The molecule has 0 aromatic carbocycles. The Morgan fingerprint density at radius 3 is 2.50 bits per heavy atom. The van der Waals surface area contributed by atoms with E-state index >= 15 is 0 Å². The number of likely N-dealkylation sites (N-methyl/N-ethyl adjacent to an activating group) is 1. The highest BCUT2D eigenvalue weighted by molar-refractivity contribution is 6.29. The maximum absolute atomic E-state index is 12.2. The highest BCUT2D eigenvalue weighted by Crippen LogP contribution is 2.24. The summed E-state index contributed by atoms with van der Waals surface area (Å²) in [5.74, 6) is -2.07. The molecule has 0 aliphatic rings. The van der Waals surface area contributed by atoms with E-state index < -0.39 is 28.0 Å². The third kappa shape index (κ3) is 2.85. The van der Waals surface area contributed by atoms with Crippen LogP contribution in [0.4, 0.5) is 5.69 Å². The molecule has 0 aliphatic heterocycles. The minimum atomic E-state index is -1.53. The van der Waals surface area contributed by atoms with E-state index in [4.69, 9.17) is 16.7 Å². The number of pyridine rings is 1. The number of halogens is 1. The molecule has 1 amide bonds. The second-order valence-corrected chi connectivity index (χ2v) is 4.90. The Morgan fingerprint density at radius 2 is 2.05 bits per heavy atom. The van der Waals surface area contributed by atoms with Crippen LogP contribution in [0, 0.1) is 10.1 Å². The first-order valence-corrected chi connectivity index (χ1v) is 5.78. The summed E-state index contributed by atoms with van der Waals surface area (Å²) in [5.41, 5.74) is -2.37. The number of nitro groups is 1. The molecule has 1 aromatic rings. The lowest BCUT2D eigenvalue weighted by atomic mass is 10.0. The van der Waals surface area contributed by atoms with Gasteiger partial charge in [0.05, 0.1) is 4.92 Å². The Balaban J connectivity index is 3.31.